The quantitative estimate of drug-likeness (QED) is 0.782. The summed E-state index contributed by atoms with van der Waals surface area (Å²) in [5, 5.41) is 3.57. The summed E-state index contributed by atoms with van der Waals surface area (Å²) in [6, 6.07) is 9.01. The van der Waals surface area contributed by atoms with E-state index in [-0.39, 0.29) is 0 Å². The number of nitrogens with one attached hydrogen (secondary N) is 1. The van der Waals surface area contributed by atoms with Crippen molar-refractivity contribution in [3.05, 3.63) is 35.4 Å². The summed E-state index contributed by atoms with van der Waals surface area (Å²) in [5.41, 5.74) is 2.62. The van der Waals surface area contributed by atoms with Crippen molar-refractivity contribution in [2.24, 2.45) is 5.92 Å². The number of hydrogen-bond donors (Lipinski definition) is 1. The highest BCUT2D eigenvalue weighted by Crippen LogP contribution is 2.11. The Hall–Kier alpha value is -0.860. The molecule has 0 radical (unpaired) electrons. The zero-order valence-electron chi connectivity index (χ0n) is 11.5. The van der Waals surface area contributed by atoms with Crippen molar-refractivity contribution in [1.82, 2.24) is 5.32 Å². The van der Waals surface area contributed by atoms with Crippen LogP contribution in [-0.4, -0.2) is 13.2 Å². The van der Waals surface area contributed by atoms with Crippen molar-refractivity contribution in [2.45, 2.75) is 46.4 Å². The average molecular weight is 235 g/mol. The maximum Gasteiger partial charge on any atom is 0.0716 e. The topological polar surface area (TPSA) is 21.3 Å². The number of methoxy groups -OCH3 is 1. The molecular formula is C15H25NO. The van der Waals surface area contributed by atoms with E-state index in [2.05, 4.69) is 50.4 Å². The zero-order chi connectivity index (χ0) is 12.7. The van der Waals surface area contributed by atoms with E-state index in [0.29, 0.717) is 12.6 Å². The molecule has 2 heteroatoms. The lowest BCUT2D eigenvalue weighted by Gasteiger charge is -2.17. The third kappa shape index (κ3) is 5.33. The Kier molecular flexibility index (Phi) is 6.23. The highest BCUT2D eigenvalue weighted by Gasteiger charge is 2.06. The van der Waals surface area contributed by atoms with Gasteiger partial charge in [0.05, 0.1) is 6.61 Å². The summed E-state index contributed by atoms with van der Waals surface area (Å²) in [7, 11) is 1.74. The Morgan fingerprint density at radius 1 is 1.12 bits per heavy atom. The maximum atomic E-state index is 5.21. The van der Waals surface area contributed by atoms with Gasteiger partial charge in [0.15, 0.2) is 0 Å². The normalized spacial score (nSPS) is 13.0. The first-order valence-corrected chi connectivity index (χ1v) is 6.42. The fraction of sp³-hybridized carbons (Fsp3) is 0.600. The molecule has 0 amide bonds. The van der Waals surface area contributed by atoms with Gasteiger partial charge in [-0.15, -0.1) is 0 Å². The molecule has 0 saturated heterocycles. The molecule has 1 aromatic carbocycles. The van der Waals surface area contributed by atoms with Gasteiger partial charge in [0.2, 0.25) is 0 Å². The number of rotatable bonds is 7. The van der Waals surface area contributed by atoms with Crippen LogP contribution in [0.4, 0.5) is 0 Å². The molecule has 1 atom stereocenters. The minimum Gasteiger partial charge on any atom is -0.380 e. The van der Waals surface area contributed by atoms with Crippen molar-refractivity contribution < 1.29 is 4.74 Å². The van der Waals surface area contributed by atoms with E-state index < -0.39 is 0 Å². The van der Waals surface area contributed by atoms with Crippen LogP contribution in [0.1, 0.15) is 38.3 Å². The van der Waals surface area contributed by atoms with Crippen molar-refractivity contribution in [1.29, 1.82) is 0 Å². The van der Waals surface area contributed by atoms with Crippen molar-refractivity contribution in [2.75, 3.05) is 7.11 Å². The number of ether oxygens (including phenoxy) is 1. The van der Waals surface area contributed by atoms with Gasteiger partial charge >= 0.3 is 0 Å². The molecule has 0 aromatic heterocycles. The van der Waals surface area contributed by atoms with E-state index >= 15 is 0 Å². The predicted octanol–water partition coefficient (Wildman–Crippen LogP) is 3.36. The second-order valence-electron chi connectivity index (χ2n) is 5.11. The molecule has 1 rings (SSSR count). The van der Waals surface area contributed by atoms with Gasteiger partial charge in [-0.1, -0.05) is 38.1 Å². The van der Waals surface area contributed by atoms with Gasteiger partial charge in [0, 0.05) is 19.7 Å². The van der Waals surface area contributed by atoms with Crippen molar-refractivity contribution in [3.63, 3.8) is 0 Å². The zero-order valence-corrected chi connectivity index (χ0v) is 11.5. The van der Waals surface area contributed by atoms with Gasteiger partial charge in [-0.3, -0.25) is 0 Å². The van der Waals surface area contributed by atoms with Crippen LogP contribution >= 0.6 is 0 Å². The fourth-order valence-corrected chi connectivity index (χ4v) is 2.10. The molecule has 0 heterocycles. The van der Waals surface area contributed by atoms with Crippen LogP contribution in [0, 0.1) is 5.92 Å². The summed E-state index contributed by atoms with van der Waals surface area (Å²) in [5.74, 6) is 0.742. The monoisotopic (exact) mass is 235 g/mol. The smallest absolute Gasteiger partial charge is 0.0716 e. The average Bonchev–Trinajstić information content (AvgIpc) is 2.27. The molecule has 0 aliphatic rings. The SMILES string of the molecule is COCc1ccccc1CNC(C)CC(C)C. The molecular weight excluding hydrogens is 210 g/mol. The Morgan fingerprint density at radius 2 is 1.76 bits per heavy atom. The lowest BCUT2D eigenvalue weighted by atomic mass is 10.0. The summed E-state index contributed by atoms with van der Waals surface area (Å²) in [6.07, 6.45) is 1.21. The first-order chi connectivity index (χ1) is 8.13. The minimum absolute atomic E-state index is 0.561. The summed E-state index contributed by atoms with van der Waals surface area (Å²) < 4.78 is 5.21. The Bertz CT molecular complexity index is 322. The van der Waals surface area contributed by atoms with E-state index in [1.165, 1.54) is 17.5 Å². The van der Waals surface area contributed by atoms with E-state index in [0.717, 1.165) is 12.5 Å². The molecule has 0 saturated carbocycles. The van der Waals surface area contributed by atoms with Crippen LogP contribution < -0.4 is 5.32 Å². The van der Waals surface area contributed by atoms with E-state index in [9.17, 15) is 0 Å². The molecule has 1 N–H and O–H groups in total. The summed E-state index contributed by atoms with van der Waals surface area (Å²) >= 11 is 0. The highest BCUT2D eigenvalue weighted by molar-refractivity contribution is 5.26. The third-order valence-corrected chi connectivity index (χ3v) is 2.88. The molecule has 17 heavy (non-hydrogen) atoms. The van der Waals surface area contributed by atoms with Gasteiger partial charge < -0.3 is 10.1 Å². The van der Waals surface area contributed by atoms with E-state index in [1.807, 2.05) is 0 Å². The Morgan fingerprint density at radius 3 is 2.35 bits per heavy atom. The van der Waals surface area contributed by atoms with Crippen LogP contribution in [0.2, 0.25) is 0 Å². The highest BCUT2D eigenvalue weighted by atomic mass is 16.5. The number of benzene rings is 1. The van der Waals surface area contributed by atoms with Gasteiger partial charge in [-0.2, -0.15) is 0 Å². The summed E-state index contributed by atoms with van der Waals surface area (Å²) in [4.78, 5) is 0. The van der Waals surface area contributed by atoms with Crippen LogP contribution in [0.25, 0.3) is 0 Å². The van der Waals surface area contributed by atoms with Crippen LogP contribution in [0.15, 0.2) is 24.3 Å². The molecule has 96 valence electrons. The van der Waals surface area contributed by atoms with Gasteiger partial charge in [-0.25, -0.2) is 0 Å². The molecule has 0 fully saturated rings. The Balaban J connectivity index is 2.50. The van der Waals surface area contributed by atoms with Crippen molar-refractivity contribution >= 4 is 0 Å². The van der Waals surface area contributed by atoms with Crippen molar-refractivity contribution in [3.8, 4) is 0 Å². The maximum absolute atomic E-state index is 5.21. The summed E-state index contributed by atoms with van der Waals surface area (Å²) in [6.45, 7) is 8.39. The standard InChI is InChI=1S/C15H25NO/c1-12(2)9-13(3)16-10-14-7-5-6-8-15(14)11-17-4/h5-8,12-13,16H,9-11H2,1-4H3. The Labute approximate surface area is 105 Å². The van der Waals surface area contributed by atoms with E-state index in [4.69, 9.17) is 4.74 Å². The minimum atomic E-state index is 0.561. The van der Waals surface area contributed by atoms with Gasteiger partial charge in [0.25, 0.3) is 0 Å². The van der Waals surface area contributed by atoms with Crippen LogP contribution in [-0.2, 0) is 17.9 Å². The largest absolute Gasteiger partial charge is 0.380 e. The third-order valence-electron chi connectivity index (χ3n) is 2.88. The number of hydrogen-bond acceptors (Lipinski definition) is 2. The molecule has 1 unspecified atom stereocenters. The molecule has 0 aliphatic heterocycles. The lowest BCUT2D eigenvalue weighted by molar-refractivity contribution is 0.184. The van der Waals surface area contributed by atoms with E-state index in [1.54, 1.807) is 7.11 Å². The first-order valence-electron chi connectivity index (χ1n) is 6.42. The fourth-order valence-electron chi connectivity index (χ4n) is 2.10. The van der Waals surface area contributed by atoms with Gasteiger partial charge in [-0.05, 0) is 30.4 Å². The molecule has 0 spiro atoms. The molecule has 2 nitrogen and oxygen atoms in total. The molecule has 0 bridgehead atoms. The molecule has 1 aromatic rings. The van der Waals surface area contributed by atoms with Gasteiger partial charge in [0.1, 0.15) is 0 Å². The lowest BCUT2D eigenvalue weighted by Crippen LogP contribution is -2.27. The predicted molar refractivity (Wildman–Crippen MR) is 72.9 cm³/mol. The molecule has 0 aliphatic carbocycles. The van der Waals surface area contributed by atoms with Crippen LogP contribution in [0.5, 0.6) is 0 Å². The van der Waals surface area contributed by atoms with Crippen LogP contribution in [0.3, 0.4) is 0 Å². The first kappa shape index (κ1) is 14.2. The second-order valence-corrected chi connectivity index (χ2v) is 5.11. The second kappa shape index (κ2) is 7.46.